The summed E-state index contributed by atoms with van der Waals surface area (Å²) >= 11 is 1.54. The highest BCUT2D eigenvalue weighted by Crippen LogP contribution is 2.25. The van der Waals surface area contributed by atoms with Gasteiger partial charge in [0.2, 0.25) is 5.16 Å². The molecule has 0 atom stereocenters. The second kappa shape index (κ2) is 4.12. The predicted molar refractivity (Wildman–Crippen MR) is 60.7 cm³/mol. The van der Waals surface area contributed by atoms with Gasteiger partial charge >= 0.3 is 0 Å². The Balaban J connectivity index is 2.13. The van der Waals surface area contributed by atoms with Gasteiger partial charge < -0.3 is 5.73 Å². The number of nitrogen functional groups attached to an aromatic ring is 1. The average Bonchev–Trinajstić information content (AvgIpc) is 2.72. The van der Waals surface area contributed by atoms with Crippen molar-refractivity contribution >= 4 is 17.6 Å². The highest BCUT2D eigenvalue weighted by Gasteiger charge is 2.12. The third kappa shape index (κ3) is 1.87. The maximum atomic E-state index is 5.91. The van der Waals surface area contributed by atoms with Crippen LogP contribution in [0.5, 0.6) is 0 Å². The van der Waals surface area contributed by atoms with Crippen LogP contribution in [0.1, 0.15) is 11.3 Å². The first kappa shape index (κ1) is 10.9. The van der Waals surface area contributed by atoms with Crippen LogP contribution in [0.25, 0.3) is 0 Å². The van der Waals surface area contributed by atoms with Crippen LogP contribution >= 0.6 is 11.8 Å². The fourth-order valence-electron chi connectivity index (χ4n) is 1.38. The van der Waals surface area contributed by atoms with Gasteiger partial charge in [0.1, 0.15) is 5.82 Å². The molecular formula is C8H13N7S. The third-order valence-corrected chi connectivity index (χ3v) is 3.36. The van der Waals surface area contributed by atoms with Gasteiger partial charge in [-0.15, -0.1) is 5.10 Å². The molecule has 0 spiro atoms. The highest BCUT2D eigenvalue weighted by atomic mass is 32.2. The number of nitrogens with zero attached hydrogens (tertiary/aromatic N) is 6. The number of hydrogen-bond donors (Lipinski definition) is 1. The van der Waals surface area contributed by atoms with Crippen molar-refractivity contribution in [2.24, 2.45) is 14.1 Å². The van der Waals surface area contributed by atoms with Crippen molar-refractivity contribution in [1.82, 2.24) is 30.0 Å². The van der Waals surface area contributed by atoms with Crippen LogP contribution in [-0.4, -0.2) is 30.0 Å². The molecule has 0 amide bonds. The van der Waals surface area contributed by atoms with Crippen LogP contribution < -0.4 is 5.73 Å². The highest BCUT2D eigenvalue weighted by molar-refractivity contribution is 7.98. The first-order valence-corrected chi connectivity index (χ1v) is 5.71. The van der Waals surface area contributed by atoms with E-state index >= 15 is 0 Å². The summed E-state index contributed by atoms with van der Waals surface area (Å²) in [7, 11) is 3.64. The molecule has 0 aliphatic rings. The van der Waals surface area contributed by atoms with Gasteiger partial charge in [-0.05, 0) is 17.4 Å². The van der Waals surface area contributed by atoms with Crippen molar-refractivity contribution in [2.75, 3.05) is 5.73 Å². The molecule has 2 N–H and O–H groups in total. The molecule has 0 aliphatic heterocycles. The van der Waals surface area contributed by atoms with E-state index in [0.717, 1.165) is 22.2 Å². The summed E-state index contributed by atoms with van der Waals surface area (Å²) in [4.78, 5) is 0. The lowest BCUT2D eigenvalue weighted by Crippen LogP contribution is -1.99. The number of nitrogens with two attached hydrogens (primary N) is 1. The van der Waals surface area contributed by atoms with Gasteiger partial charge in [-0.1, -0.05) is 11.8 Å². The topological polar surface area (TPSA) is 87.4 Å². The van der Waals surface area contributed by atoms with E-state index in [-0.39, 0.29) is 0 Å². The Bertz CT molecular complexity index is 500. The number of rotatable bonds is 3. The molecule has 86 valence electrons. The van der Waals surface area contributed by atoms with Crippen LogP contribution in [-0.2, 0) is 19.8 Å². The molecule has 0 saturated carbocycles. The molecule has 8 heteroatoms. The second-order valence-corrected chi connectivity index (χ2v) is 4.39. The maximum absolute atomic E-state index is 5.91. The Morgan fingerprint density at radius 3 is 2.56 bits per heavy atom. The van der Waals surface area contributed by atoms with E-state index < -0.39 is 0 Å². The Morgan fingerprint density at radius 2 is 2.06 bits per heavy atom. The molecule has 2 aromatic heterocycles. The van der Waals surface area contributed by atoms with Crippen molar-refractivity contribution in [3.05, 3.63) is 11.3 Å². The van der Waals surface area contributed by atoms with E-state index in [1.165, 1.54) is 0 Å². The van der Waals surface area contributed by atoms with Crippen LogP contribution in [0.4, 0.5) is 5.82 Å². The van der Waals surface area contributed by atoms with Gasteiger partial charge in [-0.25, -0.2) is 4.68 Å². The fraction of sp³-hybridized carbons (Fsp3) is 0.500. The largest absolute Gasteiger partial charge is 0.384 e. The smallest absolute Gasteiger partial charge is 0.209 e. The first-order valence-electron chi connectivity index (χ1n) is 4.72. The van der Waals surface area contributed by atoms with Crippen molar-refractivity contribution in [3.8, 4) is 0 Å². The lowest BCUT2D eigenvalue weighted by atomic mass is 10.3. The molecule has 0 fully saturated rings. The lowest BCUT2D eigenvalue weighted by Gasteiger charge is -2.00. The number of anilines is 1. The lowest BCUT2D eigenvalue weighted by molar-refractivity contribution is 0.664. The number of aryl methyl sites for hydroxylation is 3. The summed E-state index contributed by atoms with van der Waals surface area (Å²) < 4.78 is 3.31. The molecule has 2 rings (SSSR count). The monoisotopic (exact) mass is 239 g/mol. The van der Waals surface area contributed by atoms with E-state index in [1.54, 1.807) is 21.1 Å². The summed E-state index contributed by atoms with van der Waals surface area (Å²) in [6, 6.07) is 0. The van der Waals surface area contributed by atoms with Crippen LogP contribution in [0.3, 0.4) is 0 Å². The molecule has 7 nitrogen and oxygen atoms in total. The number of aromatic nitrogens is 6. The molecule has 2 heterocycles. The third-order valence-electron chi connectivity index (χ3n) is 2.32. The Morgan fingerprint density at radius 1 is 1.31 bits per heavy atom. The van der Waals surface area contributed by atoms with Gasteiger partial charge in [0, 0.05) is 25.4 Å². The van der Waals surface area contributed by atoms with Gasteiger partial charge in [0.15, 0.2) is 0 Å². The summed E-state index contributed by atoms with van der Waals surface area (Å²) in [6.07, 6.45) is 0. The average molecular weight is 239 g/mol. The van der Waals surface area contributed by atoms with E-state index in [9.17, 15) is 0 Å². The Kier molecular flexibility index (Phi) is 2.82. The van der Waals surface area contributed by atoms with Crippen LogP contribution in [0, 0.1) is 6.92 Å². The molecule has 0 radical (unpaired) electrons. The van der Waals surface area contributed by atoms with Crippen molar-refractivity contribution in [3.63, 3.8) is 0 Å². The summed E-state index contributed by atoms with van der Waals surface area (Å²) in [5, 5.41) is 16.2. The summed E-state index contributed by atoms with van der Waals surface area (Å²) in [5.74, 6) is 1.42. The molecule has 16 heavy (non-hydrogen) atoms. The molecule has 0 saturated heterocycles. The minimum atomic E-state index is 0.695. The van der Waals surface area contributed by atoms with Crippen molar-refractivity contribution < 1.29 is 0 Å². The quantitative estimate of drug-likeness (QED) is 0.766. The standard InChI is InChI=1S/C8H13N7S/c1-5-6(7(9)14(2)11-5)4-16-8-10-12-13-15(8)3/h4,9H2,1-3H3. The maximum Gasteiger partial charge on any atom is 0.209 e. The van der Waals surface area contributed by atoms with E-state index in [2.05, 4.69) is 20.6 Å². The van der Waals surface area contributed by atoms with Crippen molar-refractivity contribution in [1.29, 1.82) is 0 Å². The molecule has 0 aliphatic carbocycles. The number of tetrazole rings is 1. The van der Waals surface area contributed by atoms with Crippen LogP contribution in [0.15, 0.2) is 5.16 Å². The zero-order valence-electron chi connectivity index (χ0n) is 9.38. The summed E-state index contributed by atoms with van der Waals surface area (Å²) in [5.41, 5.74) is 7.89. The molecular weight excluding hydrogens is 226 g/mol. The molecule has 0 unspecified atom stereocenters. The van der Waals surface area contributed by atoms with E-state index in [1.807, 2.05) is 21.0 Å². The minimum absolute atomic E-state index is 0.695. The summed E-state index contributed by atoms with van der Waals surface area (Å²) in [6.45, 7) is 1.95. The predicted octanol–water partition coefficient (Wildman–Crippen LogP) is 0.127. The number of hydrogen-bond acceptors (Lipinski definition) is 6. The zero-order valence-corrected chi connectivity index (χ0v) is 10.2. The number of thioether (sulfide) groups is 1. The Labute approximate surface area is 97.0 Å². The van der Waals surface area contributed by atoms with E-state index in [4.69, 9.17) is 5.73 Å². The van der Waals surface area contributed by atoms with Crippen molar-refractivity contribution in [2.45, 2.75) is 17.8 Å². The molecule has 0 aromatic carbocycles. The zero-order chi connectivity index (χ0) is 11.7. The first-order chi connectivity index (χ1) is 7.59. The van der Waals surface area contributed by atoms with Gasteiger partial charge in [0.25, 0.3) is 0 Å². The molecule has 2 aromatic rings. The molecule has 0 bridgehead atoms. The Hall–Kier alpha value is -1.57. The van der Waals surface area contributed by atoms with Crippen LogP contribution in [0.2, 0.25) is 0 Å². The van der Waals surface area contributed by atoms with Gasteiger partial charge in [-0.3, -0.25) is 4.68 Å². The second-order valence-electron chi connectivity index (χ2n) is 3.45. The van der Waals surface area contributed by atoms with Gasteiger partial charge in [0.05, 0.1) is 5.69 Å². The van der Waals surface area contributed by atoms with Gasteiger partial charge in [-0.2, -0.15) is 5.10 Å². The SMILES string of the molecule is Cc1nn(C)c(N)c1CSc1nnnn1C. The minimum Gasteiger partial charge on any atom is -0.384 e. The normalized spacial score (nSPS) is 10.9. The fourth-order valence-corrected chi connectivity index (χ4v) is 2.33. The van der Waals surface area contributed by atoms with E-state index in [0.29, 0.717) is 5.82 Å².